The summed E-state index contributed by atoms with van der Waals surface area (Å²) in [5, 5.41) is 19.5. The summed E-state index contributed by atoms with van der Waals surface area (Å²) >= 11 is 0. The maximum absolute atomic E-state index is 9.90. The van der Waals surface area contributed by atoms with Gasteiger partial charge >= 0.3 is 0 Å². The molecule has 0 saturated carbocycles. The molecule has 3 nitrogen and oxygen atoms in total. The Balaban J connectivity index is 2.29. The number of rotatable bonds is 1. The first kappa shape index (κ1) is 11.0. The first-order valence-electron chi connectivity index (χ1n) is 5.84. The molecule has 1 aliphatic heterocycles. The van der Waals surface area contributed by atoms with Gasteiger partial charge in [-0.1, -0.05) is 18.2 Å². The largest absolute Gasteiger partial charge is 0.508 e. The third kappa shape index (κ3) is 1.44. The molecule has 18 heavy (non-hydrogen) atoms. The van der Waals surface area contributed by atoms with Gasteiger partial charge in [0.2, 0.25) is 0 Å². The van der Waals surface area contributed by atoms with Gasteiger partial charge in [0.05, 0.1) is 0 Å². The van der Waals surface area contributed by atoms with Gasteiger partial charge in [-0.3, -0.25) is 0 Å². The van der Waals surface area contributed by atoms with Gasteiger partial charge in [0.25, 0.3) is 0 Å². The van der Waals surface area contributed by atoms with Crippen molar-refractivity contribution in [2.75, 3.05) is 0 Å². The zero-order valence-electron chi connectivity index (χ0n) is 10.3. The second-order valence-corrected chi connectivity index (χ2v) is 5.00. The molecule has 1 heterocycles. The zero-order chi connectivity index (χ0) is 12.9. The molecule has 0 saturated heterocycles. The van der Waals surface area contributed by atoms with Crippen LogP contribution in [0.25, 0.3) is 11.1 Å². The van der Waals surface area contributed by atoms with Crippen LogP contribution in [0.5, 0.6) is 17.2 Å². The fraction of sp³-hybridized carbons (Fsp3) is 0.200. The van der Waals surface area contributed by atoms with Gasteiger partial charge < -0.3 is 14.9 Å². The molecular weight excluding hydrogens is 228 g/mol. The Kier molecular flexibility index (Phi) is 2.08. The van der Waals surface area contributed by atoms with Crippen LogP contribution in [-0.4, -0.2) is 10.2 Å². The highest BCUT2D eigenvalue weighted by molar-refractivity contribution is 5.81. The number of fused-ring (bicyclic) bond motifs is 2. The van der Waals surface area contributed by atoms with Crippen LogP contribution in [0.3, 0.4) is 0 Å². The van der Waals surface area contributed by atoms with Crippen LogP contribution in [0.15, 0.2) is 36.4 Å². The highest BCUT2D eigenvalue weighted by Crippen LogP contribution is 2.52. The maximum Gasteiger partial charge on any atom is 0.170 e. The minimum absolute atomic E-state index is 0.127. The Labute approximate surface area is 105 Å². The predicted molar refractivity (Wildman–Crippen MR) is 68.9 cm³/mol. The van der Waals surface area contributed by atoms with Gasteiger partial charge in [0.1, 0.15) is 11.4 Å². The molecule has 0 radical (unpaired) electrons. The normalized spacial score (nSPS) is 15.4. The predicted octanol–water partition coefficient (Wildman–Crippen LogP) is 3.39. The lowest BCUT2D eigenvalue weighted by atomic mass is 9.91. The van der Waals surface area contributed by atoms with E-state index in [0.29, 0.717) is 5.75 Å². The van der Waals surface area contributed by atoms with E-state index in [-0.39, 0.29) is 11.5 Å². The summed E-state index contributed by atoms with van der Waals surface area (Å²) in [7, 11) is 0. The molecule has 0 atom stereocenters. The van der Waals surface area contributed by atoms with E-state index < -0.39 is 5.60 Å². The van der Waals surface area contributed by atoms with Crippen LogP contribution in [0.2, 0.25) is 0 Å². The number of hydrogen-bond donors (Lipinski definition) is 2. The van der Waals surface area contributed by atoms with E-state index in [4.69, 9.17) is 4.74 Å². The molecule has 2 aromatic rings. The Morgan fingerprint density at radius 3 is 2.56 bits per heavy atom. The molecule has 92 valence electrons. The molecule has 3 heteroatoms. The summed E-state index contributed by atoms with van der Waals surface area (Å²) in [6.45, 7) is 3.92. The van der Waals surface area contributed by atoms with Gasteiger partial charge in [-0.15, -0.1) is 0 Å². The fourth-order valence-electron chi connectivity index (χ4n) is 2.43. The van der Waals surface area contributed by atoms with Crippen LogP contribution in [0, 0.1) is 0 Å². The third-order valence-electron chi connectivity index (χ3n) is 3.28. The first-order chi connectivity index (χ1) is 8.49. The molecule has 0 aliphatic carbocycles. The van der Waals surface area contributed by atoms with E-state index in [2.05, 4.69) is 0 Å². The molecule has 0 unspecified atom stereocenters. The molecular formula is C15H14O3. The van der Waals surface area contributed by atoms with Crippen molar-refractivity contribution in [3.63, 3.8) is 0 Å². The minimum atomic E-state index is -0.461. The lowest BCUT2D eigenvalue weighted by Gasteiger charge is -2.18. The van der Waals surface area contributed by atoms with Crippen molar-refractivity contribution in [1.82, 2.24) is 0 Å². The molecule has 2 N–H and O–H groups in total. The Hall–Kier alpha value is -2.16. The summed E-state index contributed by atoms with van der Waals surface area (Å²) in [5.74, 6) is 0.818. The maximum atomic E-state index is 9.90. The fourth-order valence-corrected chi connectivity index (χ4v) is 2.43. The summed E-state index contributed by atoms with van der Waals surface area (Å²) in [6, 6.07) is 10.5. The molecule has 1 aliphatic rings. The average molecular weight is 242 g/mol. The van der Waals surface area contributed by atoms with E-state index in [1.165, 1.54) is 0 Å². The van der Waals surface area contributed by atoms with Crippen LogP contribution >= 0.6 is 0 Å². The lowest BCUT2D eigenvalue weighted by Crippen LogP contribution is -2.19. The van der Waals surface area contributed by atoms with Crippen molar-refractivity contribution < 1.29 is 14.9 Å². The summed E-state index contributed by atoms with van der Waals surface area (Å²) in [5.41, 5.74) is 2.26. The Bertz CT molecular complexity index is 630. The smallest absolute Gasteiger partial charge is 0.170 e. The van der Waals surface area contributed by atoms with E-state index in [0.717, 1.165) is 16.7 Å². The Morgan fingerprint density at radius 2 is 1.83 bits per heavy atom. The van der Waals surface area contributed by atoms with Crippen LogP contribution < -0.4 is 4.74 Å². The van der Waals surface area contributed by atoms with E-state index in [9.17, 15) is 10.2 Å². The second-order valence-electron chi connectivity index (χ2n) is 5.00. The van der Waals surface area contributed by atoms with Crippen LogP contribution in [-0.2, 0) is 5.60 Å². The number of phenols is 2. The monoisotopic (exact) mass is 242 g/mol. The van der Waals surface area contributed by atoms with Crippen molar-refractivity contribution in [3.8, 4) is 28.4 Å². The van der Waals surface area contributed by atoms with E-state index in [1.54, 1.807) is 24.3 Å². The lowest BCUT2D eigenvalue weighted by molar-refractivity contribution is 0.123. The van der Waals surface area contributed by atoms with Gasteiger partial charge in [-0.05, 0) is 37.6 Å². The van der Waals surface area contributed by atoms with Crippen molar-refractivity contribution in [2.24, 2.45) is 0 Å². The van der Waals surface area contributed by atoms with Crippen LogP contribution in [0.1, 0.15) is 19.4 Å². The van der Waals surface area contributed by atoms with Crippen LogP contribution in [0.4, 0.5) is 0 Å². The summed E-state index contributed by atoms with van der Waals surface area (Å²) in [4.78, 5) is 0. The van der Waals surface area contributed by atoms with Gasteiger partial charge in [-0.2, -0.15) is 0 Å². The van der Waals surface area contributed by atoms with E-state index in [1.807, 2.05) is 26.0 Å². The highest BCUT2D eigenvalue weighted by atomic mass is 16.5. The quantitative estimate of drug-likeness (QED) is 0.805. The molecule has 2 aromatic carbocycles. The molecule has 0 aromatic heterocycles. The molecule has 0 spiro atoms. The molecule has 0 amide bonds. The summed E-state index contributed by atoms with van der Waals surface area (Å²) < 4.78 is 5.80. The zero-order valence-corrected chi connectivity index (χ0v) is 10.3. The minimum Gasteiger partial charge on any atom is -0.508 e. The van der Waals surface area contributed by atoms with Crippen molar-refractivity contribution in [3.05, 3.63) is 42.0 Å². The highest BCUT2D eigenvalue weighted by Gasteiger charge is 2.37. The number of benzene rings is 2. The standard InChI is InChI=1S/C15H14O3/c1-15(2)11-6-7-12(17)14(18-15)13(11)9-4-3-5-10(16)8-9/h3-8,16-17H,1-2H3. The average Bonchev–Trinajstić information content (AvgIpc) is 2.51. The Morgan fingerprint density at radius 1 is 1.06 bits per heavy atom. The second kappa shape index (κ2) is 3.42. The topological polar surface area (TPSA) is 49.7 Å². The van der Waals surface area contributed by atoms with Gasteiger partial charge in [0, 0.05) is 11.1 Å². The van der Waals surface area contributed by atoms with E-state index >= 15 is 0 Å². The number of phenolic OH excluding ortho intramolecular Hbond substituents is 2. The molecule has 3 rings (SSSR count). The number of aromatic hydroxyl groups is 2. The van der Waals surface area contributed by atoms with Crippen molar-refractivity contribution >= 4 is 0 Å². The summed E-state index contributed by atoms with van der Waals surface area (Å²) in [6.07, 6.45) is 0. The SMILES string of the molecule is CC1(C)Oc2c(O)ccc1c2-c1cccc(O)c1. The number of hydrogen-bond acceptors (Lipinski definition) is 3. The van der Waals surface area contributed by atoms with Crippen molar-refractivity contribution in [2.45, 2.75) is 19.4 Å². The number of ether oxygens (including phenoxy) is 1. The third-order valence-corrected chi connectivity index (χ3v) is 3.28. The molecule has 2 bridgehead atoms. The van der Waals surface area contributed by atoms with Gasteiger partial charge in [0.15, 0.2) is 11.5 Å². The molecule has 0 fully saturated rings. The van der Waals surface area contributed by atoms with Crippen molar-refractivity contribution in [1.29, 1.82) is 0 Å². The van der Waals surface area contributed by atoms with Gasteiger partial charge in [-0.25, -0.2) is 0 Å². The first-order valence-corrected chi connectivity index (χ1v) is 5.84.